The third kappa shape index (κ3) is 5.85. The first-order valence-electron chi connectivity index (χ1n) is 10.9. The van der Waals surface area contributed by atoms with Gasteiger partial charge < -0.3 is 0 Å². The molecule has 0 atom stereocenters. The second kappa shape index (κ2) is 10.9. The van der Waals surface area contributed by atoms with Crippen LogP contribution in [0.3, 0.4) is 0 Å². The number of thiazole rings is 1. The Morgan fingerprint density at radius 1 is 1.00 bits per heavy atom. The monoisotopic (exact) mass is 664 g/mol. The molecule has 0 spiro atoms. The topological polar surface area (TPSA) is 94.6 Å². The Balaban J connectivity index is 1.36. The Bertz CT molecular complexity index is 1650. The van der Waals surface area contributed by atoms with E-state index in [1.807, 2.05) is 42.6 Å². The second-order valence-electron chi connectivity index (χ2n) is 7.81. The van der Waals surface area contributed by atoms with Gasteiger partial charge in [-0.3, -0.25) is 0 Å². The van der Waals surface area contributed by atoms with Crippen molar-refractivity contribution >= 4 is 74.3 Å². The predicted molar refractivity (Wildman–Crippen MR) is 156 cm³/mol. The Hall–Kier alpha value is -2.84. The number of thiophene rings is 1. The molecule has 1 N–H and O–H groups in total. The SMILES string of the molecule is COc1ccc2nc(NC(=O)c3ccc(I(OS(=O)(=O)c4ccc(C)cc4)c4cccs4)cc3)sc2c1. The van der Waals surface area contributed by atoms with Gasteiger partial charge >= 0.3 is 224 Å². The van der Waals surface area contributed by atoms with E-state index in [2.05, 4.69) is 10.3 Å². The van der Waals surface area contributed by atoms with E-state index in [-0.39, 0.29) is 10.8 Å². The molecule has 0 aliphatic rings. The van der Waals surface area contributed by atoms with E-state index in [1.54, 1.807) is 55.6 Å². The maximum absolute atomic E-state index is 13.1. The Morgan fingerprint density at radius 2 is 1.76 bits per heavy atom. The Labute approximate surface area is 230 Å². The number of nitrogens with zero attached hydrogens (tertiary/aromatic N) is 1. The number of nitrogens with one attached hydrogen (secondary N) is 1. The van der Waals surface area contributed by atoms with E-state index in [0.717, 1.165) is 28.0 Å². The third-order valence-electron chi connectivity index (χ3n) is 5.23. The number of carbonyl (C=O) groups excluding carboxylic acids is 1. The molecule has 0 bridgehead atoms. The number of aryl methyl sites for hydroxylation is 1. The van der Waals surface area contributed by atoms with E-state index in [9.17, 15) is 13.2 Å². The molecule has 2 aromatic heterocycles. The molecule has 5 rings (SSSR count). The van der Waals surface area contributed by atoms with Crippen molar-refractivity contribution in [3.8, 4) is 5.75 Å². The van der Waals surface area contributed by atoms with Crippen LogP contribution < -0.4 is 10.1 Å². The summed E-state index contributed by atoms with van der Waals surface area (Å²) in [6.45, 7) is 1.90. The zero-order valence-corrected chi connectivity index (χ0v) is 24.3. The molecule has 0 unspecified atom stereocenters. The number of carbonyl (C=O) groups is 1. The van der Waals surface area contributed by atoms with Crippen molar-refractivity contribution in [2.45, 2.75) is 11.8 Å². The molecular formula is C26H21IN2O5S3. The molecule has 0 fully saturated rings. The van der Waals surface area contributed by atoms with Crippen LogP contribution in [-0.2, 0) is 12.6 Å². The molecule has 0 saturated carbocycles. The van der Waals surface area contributed by atoms with Gasteiger partial charge in [0.25, 0.3) is 0 Å². The summed E-state index contributed by atoms with van der Waals surface area (Å²) < 4.78 is 39.8. The number of hydrogen-bond acceptors (Lipinski definition) is 8. The number of rotatable bonds is 8. The fourth-order valence-corrected chi connectivity index (χ4v) is 13.2. The maximum atomic E-state index is 13.1. The number of fused-ring (bicyclic) bond motifs is 1. The molecule has 7 nitrogen and oxygen atoms in total. The van der Waals surface area contributed by atoms with Gasteiger partial charge in [0.2, 0.25) is 0 Å². The fraction of sp³-hybridized carbons (Fsp3) is 0.0769. The molecule has 0 aliphatic heterocycles. The summed E-state index contributed by atoms with van der Waals surface area (Å²) >= 11 is 0.0236. The molecule has 0 saturated heterocycles. The molecule has 5 aromatic rings. The average molecular weight is 665 g/mol. The summed E-state index contributed by atoms with van der Waals surface area (Å²) in [5.41, 5.74) is 2.17. The molecule has 1 amide bonds. The van der Waals surface area contributed by atoms with E-state index in [4.69, 9.17) is 7.25 Å². The Kier molecular flexibility index (Phi) is 7.58. The van der Waals surface area contributed by atoms with Gasteiger partial charge in [-0.1, -0.05) is 0 Å². The number of methoxy groups -OCH3 is 1. The quantitative estimate of drug-likeness (QED) is 0.184. The summed E-state index contributed by atoms with van der Waals surface area (Å²) in [4.78, 5) is 17.5. The Morgan fingerprint density at radius 3 is 2.43 bits per heavy atom. The summed E-state index contributed by atoms with van der Waals surface area (Å²) in [6, 6.07) is 22.8. The number of hydrogen-bond donors (Lipinski definition) is 1. The summed E-state index contributed by atoms with van der Waals surface area (Å²) in [7, 11) is -2.35. The van der Waals surface area contributed by atoms with Crippen molar-refractivity contribution in [3.63, 3.8) is 0 Å². The van der Waals surface area contributed by atoms with Crippen LogP contribution in [-0.4, -0.2) is 26.4 Å². The first-order valence-corrected chi connectivity index (χ1v) is 17.1. The number of amides is 1. The third-order valence-corrected chi connectivity index (χ3v) is 15.3. The van der Waals surface area contributed by atoms with Crippen LogP contribution in [0.25, 0.3) is 10.2 Å². The van der Waals surface area contributed by atoms with Crippen LogP contribution in [0.1, 0.15) is 15.9 Å². The minimum atomic E-state index is -3.95. The number of benzene rings is 3. The van der Waals surface area contributed by atoms with Crippen molar-refractivity contribution in [3.05, 3.63) is 102 Å². The summed E-state index contributed by atoms with van der Waals surface area (Å²) in [5.74, 6) is 0.420. The molecule has 0 radical (unpaired) electrons. The van der Waals surface area contributed by atoms with Gasteiger partial charge in [0.05, 0.1) is 7.11 Å². The molecule has 2 heterocycles. The van der Waals surface area contributed by atoms with Gasteiger partial charge in [0.1, 0.15) is 0 Å². The molecule has 3 aromatic carbocycles. The number of ether oxygens (including phenoxy) is 1. The summed E-state index contributed by atoms with van der Waals surface area (Å²) in [5, 5.41) is 5.22. The molecule has 37 heavy (non-hydrogen) atoms. The van der Waals surface area contributed by atoms with E-state index < -0.39 is 30.4 Å². The van der Waals surface area contributed by atoms with Gasteiger partial charge in [-0.25, -0.2) is 0 Å². The summed E-state index contributed by atoms with van der Waals surface area (Å²) in [6.07, 6.45) is 0. The van der Waals surface area contributed by atoms with Crippen molar-refractivity contribution in [2.24, 2.45) is 0 Å². The predicted octanol–water partition coefficient (Wildman–Crippen LogP) is 6.79. The van der Waals surface area contributed by atoms with Crippen LogP contribution in [0.5, 0.6) is 5.75 Å². The molecule has 11 heteroatoms. The van der Waals surface area contributed by atoms with E-state index in [0.29, 0.717) is 10.7 Å². The van der Waals surface area contributed by atoms with Crippen molar-refractivity contribution in [2.75, 3.05) is 12.4 Å². The van der Waals surface area contributed by atoms with Crippen LogP contribution in [0, 0.1) is 13.4 Å². The zero-order valence-electron chi connectivity index (χ0n) is 19.7. The van der Waals surface area contributed by atoms with Crippen molar-refractivity contribution in [1.82, 2.24) is 4.98 Å². The standard InChI is InChI=1S/C26H21IN2O5S3/c1-17-5-12-21(13-6-17)37(31,32)34-27(24-4-3-15-35-24)19-9-7-18(8-10-19)25(30)29-26-28-22-14-11-20(33-2)16-23(22)36-26/h3-16H,1-2H3,(H,28,29,30). The van der Waals surface area contributed by atoms with Gasteiger partial charge in [0.15, 0.2) is 0 Å². The van der Waals surface area contributed by atoms with Crippen molar-refractivity contribution in [1.29, 1.82) is 0 Å². The molecular weight excluding hydrogens is 643 g/mol. The first-order chi connectivity index (χ1) is 17.8. The number of anilines is 1. The normalized spacial score (nSPS) is 11.9. The molecule has 190 valence electrons. The minimum absolute atomic E-state index is 0.126. The van der Waals surface area contributed by atoms with E-state index >= 15 is 0 Å². The van der Waals surface area contributed by atoms with Gasteiger partial charge in [0, 0.05) is 0 Å². The number of aromatic nitrogens is 1. The first kappa shape index (κ1) is 25.8. The average Bonchev–Trinajstić information content (AvgIpc) is 3.57. The van der Waals surface area contributed by atoms with Crippen LogP contribution in [0.2, 0.25) is 0 Å². The zero-order chi connectivity index (χ0) is 26.0. The van der Waals surface area contributed by atoms with Gasteiger partial charge in [-0.05, 0) is 0 Å². The van der Waals surface area contributed by atoms with Gasteiger partial charge in [-0.2, -0.15) is 0 Å². The van der Waals surface area contributed by atoms with Crippen LogP contribution in [0.15, 0.2) is 89.1 Å². The van der Waals surface area contributed by atoms with Crippen LogP contribution in [0.4, 0.5) is 5.13 Å². The molecule has 0 aliphatic carbocycles. The van der Waals surface area contributed by atoms with Gasteiger partial charge in [-0.15, -0.1) is 0 Å². The number of halogens is 1. The van der Waals surface area contributed by atoms with E-state index in [1.165, 1.54) is 22.7 Å². The fourth-order valence-electron chi connectivity index (χ4n) is 3.33. The van der Waals surface area contributed by atoms with Crippen LogP contribution >= 0.6 is 42.9 Å². The van der Waals surface area contributed by atoms with Crippen molar-refractivity contribution < 1.29 is 20.5 Å². The second-order valence-corrected chi connectivity index (χ2v) is 16.9.